The molecule has 0 saturated carbocycles. The Morgan fingerprint density at radius 3 is 1.44 bits per heavy atom. The van der Waals surface area contributed by atoms with Crippen LogP contribution in [-0.2, 0) is 23.0 Å². The first-order valence-corrected chi connectivity index (χ1v) is 10.7. The van der Waals surface area contributed by atoms with Gasteiger partial charge in [0.25, 0.3) is 0 Å². The third kappa shape index (κ3) is 3.63. The predicted molar refractivity (Wildman–Crippen MR) is 108 cm³/mol. The number of hydrogen-bond donors (Lipinski definition) is 0. The Balaban J connectivity index is 1.77. The highest BCUT2D eigenvalue weighted by atomic mass is 32.2. The van der Waals surface area contributed by atoms with Crippen molar-refractivity contribution in [2.45, 2.75) is 23.0 Å². The maximum Gasteiger partial charge on any atom is 0.131 e. The van der Waals surface area contributed by atoms with Crippen LogP contribution in [0.2, 0.25) is 0 Å². The second kappa shape index (κ2) is 7.67. The van der Waals surface area contributed by atoms with Crippen LogP contribution in [0.25, 0.3) is 11.1 Å². The Kier molecular flexibility index (Phi) is 5.14. The minimum atomic E-state index is -0.0247. The molecule has 3 aromatic rings. The first kappa shape index (κ1) is 16.7. The van der Waals surface area contributed by atoms with Crippen LogP contribution in [0.15, 0.2) is 66.7 Å². The van der Waals surface area contributed by atoms with Crippen LogP contribution in [0.3, 0.4) is 0 Å². The van der Waals surface area contributed by atoms with Crippen LogP contribution >= 0.6 is 23.5 Å². The zero-order valence-corrected chi connectivity index (χ0v) is 15.5. The summed E-state index contributed by atoms with van der Waals surface area (Å²) in [6.45, 7) is 0. The number of fused-ring (bicyclic) bond motifs is 5. The summed E-state index contributed by atoms with van der Waals surface area (Å²) in [6.07, 6.45) is 0. The lowest BCUT2D eigenvalue weighted by molar-refractivity contribution is 0.607. The molecule has 126 valence electrons. The standard InChI is InChI=1S/C22H19FS2/c23-22-18-8-5-9-19(22)15-25-13-17-7-2-4-11-21(17)20-10-3-1-6-16(20)12-24-14-18/h1-11H,12-15H2. The van der Waals surface area contributed by atoms with E-state index in [0.29, 0.717) is 11.5 Å². The quantitative estimate of drug-likeness (QED) is 0.435. The zero-order valence-electron chi connectivity index (χ0n) is 13.9. The van der Waals surface area contributed by atoms with E-state index in [1.54, 1.807) is 23.5 Å². The molecule has 0 amide bonds. The van der Waals surface area contributed by atoms with Gasteiger partial charge in [-0.05, 0) is 33.4 Å². The summed E-state index contributed by atoms with van der Waals surface area (Å²) in [5.41, 5.74) is 6.88. The van der Waals surface area contributed by atoms with Crippen molar-refractivity contribution in [3.63, 3.8) is 0 Å². The molecular weight excluding hydrogens is 347 g/mol. The molecule has 3 aromatic carbocycles. The summed E-state index contributed by atoms with van der Waals surface area (Å²) in [7, 11) is 0. The van der Waals surface area contributed by atoms with Gasteiger partial charge in [-0.1, -0.05) is 66.7 Å². The molecule has 0 spiro atoms. The molecule has 0 N–H and O–H groups in total. The fourth-order valence-corrected chi connectivity index (χ4v) is 5.25. The third-order valence-corrected chi connectivity index (χ3v) is 6.57. The summed E-state index contributed by atoms with van der Waals surface area (Å²) in [5.74, 6) is 3.17. The highest BCUT2D eigenvalue weighted by molar-refractivity contribution is 7.98. The van der Waals surface area contributed by atoms with E-state index in [4.69, 9.17) is 0 Å². The van der Waals surface area contributed by atoms with Crippen molar-refractivity contribution in [2.24, 2.45) is 0 Å². The molecule has 0 radical (unpaired) electrons. The number of halogens is 1. The Morgan fingerprint density at radius 1 is 0.520 bits per heavy atom. The average molecular weight is 367 g/mol. The van der Waals surface area contributed by atoms with Gasteiger partial charge >= 0.3 is 0 Å². The van der Waals surface area contributed by atoms with Crippen molar-refractivity contribution in [3.8, 4) is 11.1 Å². The minimum absolute atomic E-state index is 0.0247. The van der Waals surface area contributed by atoms with Crippen LogP contribution in [0.4, 0.5) is 4.39 Å². The van der Waals surface area contributed by atoms with Gasteiger partial charge in [0.1, 0.15) is 5.82 Å². The molecule has 1 heterocycles. The smallest absolute Gasteiger partial charge is 0.131 e. The minimum Gasteiger partial charge on any atom is -0.206 e. The normalized spacial score (nSPS) is 14.4. The van der Waals surface area contributed by atoms with Gasteiger partial charge < -0.3 is 0 Å². The summed E-state index contributed by atoms with van der Waals surface area (Å²) < 4.78 is 14.7. The lowest BCUT2D eigenvalue weighted by atomic mass is 9.97. The molecule has 0 aliphatic carbocycles. The van der Waals surface area contributed by atoms with Crippen LogP contribution < -0.4 is 0 Å². The van der Waals surface area contributed by atoms with Gasteiger partial charge in [0.15, 0.2) is 0 Å². The molecule has 0 fully saturated rings. The van der Waals surface area contributed by atoms with Crippen molar-refractivity contribution in [1.82, 2.24) is 0 Å². The second-order valence-corrected chi connectivity index (χ2v) is 8.16. The molecule has 0 atom stereocenters. The molecule has 0 nitrogen and oxygen atoms in total. The Labute approximate surface area is 156 Å². The van der Waals surface area contributed by atoms with Gasteiger partial charge in [-0.2, -0.15) is 23.5 Å². The first-order valence-electron chi connectivity index (χ1n) is 8.41. The lowest BCUT2D eigenvalue weighted by Crippen LogP contribution is -1.94. The van der Waals surface area contributed by atoms with Gasteiger partial charge in [-0.3, -0.25) is 0 Å². The van der Waals surface area contributed by atoms with Crippen LogP contribution in [0.5, 0.6) is 0 Å². The largest absolute Gasteiger partial charge is 0.206 e. The topological polar surface area (TPSA) is 0 Å². The predicted octanol–water partition coefficient (Wildman–Crippen LogP) is 6.67. The number of hydrogen-bond acceptors (Lipinski definition) is 2. The van der Waals surface area contributed by atoms with E-state index in [9.17, 15) is 4.39 Å². The van der Waals surface area contributed by atoms with E-state index in [1.165, 1.54) is 22.3 Å². The van der Waals surface area contributed by atoms with Gasteiger partial charge in [-0.15, -0.1) is 0 Å². The maximum absolute atomic E-state index is 14.7. The second-order valence-electron chi connectivity index (χ2n) is 6.19. The van der Waals surface area contributed by atoms with Gasteiger partial charge in [0.2, 0.25) is 0 Å². The van der Waals surface area contributed by atoms with Crippen LogP contribution in [-0.4, -0.2) is 0 Å². The molecule has 3 heteroatoms. The first-order chi connectivity index (χ1) is 12.3. The van der Waals surface area contributed by atoms with E-state index in [2.05, 4.69) is 48.5 Å². The SMILES string of the molecule is Fc1c2cccc1CSCc1ccccc1-c1ccccc1CSC2. The summed E-state index contributed by atoms with van der Waals surface area (Å²) in [4.78, 5) is 0. The zero-order chi connectivity index (χ0) is 17.1. The monoisotopic (exact) mass is 366 g/mol. The maximum atomic E-state index is 14.7. The average Bonchev–Trinajstić information content (AvgIpc) is 2.65. The summed E-state index contributed by atoms with van der Waals surface area (Å²) in [6, 6.07) is 23.0. The van der Waals surface area contributed by atoms with Crippen molar-refractivity contribution in [3.05, 3.63) is 94.8 Å². The van der Waals surface area contributed by atoms with Crippen molar-refractivity contribution in [2.75, 3.05) is 0 Å². The number of thioether (sulfide) groups is 2. The van der Waals surface area contributed by atoms with Crippen LogP contribution in [0.1, 0.15) is 22.3 Å². The molecule has 1 aliphatic rings. The van der Waals surface area contributed by atoms with Crippen LogP contribution in [0, 0.1) is 5.82 Å². The van der Waals surface area contributed by atoms with Gasteiger partial charge in [-0.25, -0.2) is 4.39 Å². The van der Waals surface area contributed by atoms with E-state index < -0.39 is 0 Å². The van der Waals surface area contributed by atoms with Crippen molar-refractivity contribution in [1.29, 1.82) is 0 Å². The summed E-state index contributed by atoms with van der Waals surface area (Å²) >= 11 is 3.56. The molecular formula is C22H19FS2. The molecule has 0 unspecified atom stereocenters. The van der Waals surface area contributed by atoms with E-state index >= 15 is 0 Å². The number of rotatable bonds is 0. The van der Waals surface area contributed by atoms with E-state index in [1.807, 2.05) is 18.2 Å². The Bertz CT molecular complexity index is 819. The summed E-state index contributed by atoms with van der Waals surface area (Å²) in [5, 5.41) is 0. The molecule has 0 saturated heterocycles. The van der Waals surface area contributed by atoms with Crippen molar-refractivity contribution < 1.29 is 4.39 Å². The highest BCUT2D eigenvalue weighted by Crippen LogP contribution is 2.34. The van der Waals surface area contributed by atoms with Gasteiger partial charge in [0.05, 0.1) is 0 Å². The van der Waals surface area contributed by atoms with E-state index in [-0.39, 0.29) is 5.82 Å². The van der Waals surface area contributed by atoms with E-state index in [0.717, 1.165) is 22.6 Å². The Morgan fingerprint density at radius 2 is 0.920 bits per heavy atom. The third-order valence-electron chi connectivity index (χ3n) is 4.51. The molecule has 4 rings (SSSR count). The van der Waals surface area contributed by atoms with Gasteiger partial charge in [0, 0.05) is 23.0 Å². The molecule has 2 bridgehead atoms. The van der Waals surface area contributed by atoms with Crippen molar-refractivity contribution >= 4 is 23.5 Å². The highest BCUT2D eigenvalue weighted by Gasteiger charge is 2.13. The molecule has 1 aliphatic heterocycles. The fraction of sp³-hybridized carbons (Fsp3) is 0.182. The lowest BCUT2D eigenvalue weighted by Gasteiger charge is -2.13. The molecule has 25 heavy (non-hydrogen) atoms. The fourth-order valence-electron chi connectivity index (χ4n) is 3.22. The Hall–Kier alpha value is -1.71. The number of benzene rings is 3. The molecule has 0 aromatic heterocycles.